The van der Waals surface area contributed by atoms with Crippen LogP contribution >= 0.6 is 0 Å². The van der Waals surface area contributed by atoms with E-state index in [1.807, 2.05) is 24.3 Å². The number of nitrogens with two attached hydrogens (primary N) is 1. The van der Waals surface area contributed by atoms with Crippen LogP contribution in [-0.2, 0) is 16.1 Å². The van der Waals surface area contributed by atoms with Crippen molar-refractivity contribution in [2.24, 2.45) is 5.73 Å². The zero-order chi connectivity index (χ0) is 11.4. The van der Waals surface area contributed by atoms with Gasteiger partial charge in [0.1, 0.15) is 6.10 Å². The first-order chi connectivity index (χ1) is 7.81. The van der Waals surface area contributed by atoms with E-state index in [2.05, 4.69) is 5.32 Å². The minimum Gasteiger partial charge on any atom is -0.368 e. The Kier molecular flexibility index (Phi) is 3.54. The Bertz CT molecular complexity index is 373. The molecule has 1 fully saturated rings. The summed E-state index contributed by atoms with van der Waals surface area (Å²) in [7, 11) is 0. The highest BCUT2D eigenvalue weighted by Crippen LogP contribution is 2.18. The van der Waals surface area contributed by atoms with Crippen LogP contribution in [0.1, 0.15) is 18.4 Å². The number of ether oxygens (including phenoxy) is 1. The highest BCUT2D eigenvalue weighted by molar-refractivity contribution is 5.94. The smallest absolute Gasteiger partial charge is 0.253 e. The largest absolute Gasteiger partial charge is 0.368 e. The average Bonchev–Trinajstić information content (AvgIpc) is 2.83. The Hall–Kier alpha value is -1.39. The Balaban J connectivity index is 2.05. The van der Waals surface area contributed by atoms with Crippen molar-refractivity contribution in [3.8, 4) is 0 Å². The molecule has 1 aliphatic heterocycles. The van der Waals surface area contributed by atoms with Crippen LogP contribution in [0.25, 0.3) is 0 Å². The van der Waals surface area contributed by atoms with Crippen LogP contribution in [0.3, 0.4) is 0 Å². The van der Waals surface area contributed by atoms with Gasteiger partial charge in [0, 0.05) is 18.8 Å². The van der Waals surface area contributed by atoms with Gasteiger partial charge < -0.3 is 15.8 Å². The van der Waals surface area contributed by atoms with Gasteiger partial charge in [0.05, 0.1) is 0 Å². The maximum atomic E-state index is 11.8. The van der Waals surface area contributed by atoms with Crippen LogP contribution in [-0.4, -0.2) is 18.6 Å². The lowest BCUT2D eigenvalue weighted by molar-refractivity contribution is -0.124. The fraction of sp³-hybridized carbons (Fsp3) is 0.417. The molecule has 0 bridgehead atoms. The molecule has 86 valence electrons. The van der Waals surface area contributed by atoms with Gasteiger partial charge >= 0.3 is 0 Å². The Labute approximate surface area is 94.8 Å². The summed E-state index contributed by atoms with van der Waals surface area (Å²) in [5, 5.41) is 2.86. The summed E-state index contributed by atoms with van der Waals surface area (Å²) in [5.41, 5.74) is 7.32. The lowest BCUT2D eigenvalue weighted by atomic mass is 10.1. The SMILES string of the molecule is NCc1ccccc1NC(=O)[C@H]1CCCO1. The number of benzene rings is 1. The average molecular weight is 220 g/mol. The molecular formula is C12H16N2O2. The van der Waals surface area contributed by atoms with Crippen molar-refractivity contribution in [1.29, 1.82) is 0 Å². The van der Waals surface area contributed by atoms with E-state index < -0.39 is 0 Å². The fourth-order valence-electron chi connectivity index (χ4n) is 1.82. The number of hydrogen-bond donors (Lipinski definition) is 2. The van der Waals surface area contributed by atoms with Crippen molar-refractivity contribution in [2.75, 3.05) is 11.9 Å². The molecule has 0 aliphatic carbocycles. The van der Waals surface area contributed by atoms with Crippen molar-refractivity contribution in [3.63, 3.8) is 0 Å². The number of amides is 1. The third-order valence-electron chi connectivity index (χ3n) is 2.72. The maximum Gasteiger partial charge on any atom is 0.253 e. The molecule has 1 aliphatic rings. The van der Waals surface area contributed by atoms with Gasteiger partial charge in [0.25, 0.3) is 5.91 Å². The topological polar surface area (TPSA) is 64.3 Å². The van der Waals surface area contributed by atoms with E-state index >= 15 is 0 Å². The predicted octanol–water partition coefficient (Wildman–Crippen LogP) is 1.26. The minimum atomic E-state index is -0.300. The number of carbonyl (C=O) groups is 1. The molecule has 1 heterocycles. The molecule has 0 unspecified atom stereocenters. The highest BCUT2D eigenvalue weighted by Gasteiger charge is 2.23. The maximum absolute atomic E-state index is 11.8. The highest BCUT2D eigenvalue weighted by atomic mass is 16.5. The standard InChI is InChI=1S/C12H16N2O2/c13-8-9-4-1-2-5-10(9)14-12(15)11-6-3-7-16-11/h1-2,4-5,11H,3,6-8,13H2,(H,14,15)/t11-/m1/s1. The molecular weight excluding hydrogens is 204 g/mol. The van der Waals surface area contributed by atoms with Gasteiger partial charge in [-0.05, 0) is 24.5 Å². The number of hydrogen-bond acceptors (Lipinski definition) is 3. The lowest BCUT2D eigenvalue weighted by Gasteiger charge is -2.12. The second-order valence-electron chi connectivity index (χ2n) is 3.85. The molecule has 4 heteroatoms. The van der Waals surface area contributed by atoms with Crippen molar-refractivity contribution < 1.29 is 9.53 Å². The minimum absolute atomic E-state index is 0.0709. The van der Waals surface area contributed by atoms with E-state index in [-0.39, 0.29) is 12.0 Å². The van der Waals surface area contributed by atoms with E-state index in [0.29, 0.717) is 13.2 Å². The molecule has 0 saturated carbocycles. The van der Waals surface area contributed by atoms with E-state index in [0.717, 1.165) is 24.1 Å². The summed E-state index contributed by atoms with van der Waals surface area (Å²) >= 11 is 0. The van der Waals surface area contributed by atoms with E-state index in [1.54, 1.807) is 0 Å². The van der Waals surface area contributed by atoms with Crippen LogP contribution in [0, 0.1) is 0 Å². The molecule has 1 saturated heterocycles. The molecule has 1 atom stereocenters. The summed E-state index contributed by atoms with van der Waals surface area (Å²) in [6.07, 6.45) is 1.46. The van der Waals surface area contributed by atoms with Gasteiger partial charge in [0.2, 0.25) is 0 Å². The first-order valence-corrected chi connectivity index (χ1v) is 5.51. The van der Waals surface area contributed by atoms with E-state index in [4.69, 9.17) is 10.5 Å². The third-order valence-corrected chi connectivity index (χ3v) is 2.72. The van der Waals surface area contributed by atoms with Crippen LogP contribution < -0.4 is 11.1 Å². The van der Waals surface area contributed by atoms with Crippen LogP contribution in [0.2, 0.25) is 0 Å². The van der Waals surface area contributed by atoms with Gasteiger partial charge in [-0.2, -0.15) is 0 Å². The van der Waals surface area contributed by atoms with Crippen molar-refractivity contribution in [1.82, 2.24) is 0 Å². The summed E-state index contributed by atoms with van der Waals surface area (Å²) in [5.74, 6) is -0.0709. The van der Waals surface area contributed by atoms with E-state index in [1.165, 1.54) is 0 Å². The van der Waals surface area contributed by atoms with Gasteiger partial charge in [-0.3, -0.25) is 4.79 Å². The second-order valence-corrected chi connectivity index (χ2v) is 3.85. The molecule has 1 aromatic rings. The Morgan fingerprint density at radius 1 is 1.50 bits per heavy atom. The molecule has 16 heavy (non-hydrogen) atoms. The number of rotatable bonds is 3. The molecule has 0 aromatic heterocycles. The third kappa shape index (κ3) is 2.40. The quantitative estimate of drug-likeness (QED) is 0.806. The molecule has 1 amide bonds. The first kappa shape index (κ1) is 11.1. The lowest BCUT2D eigenvalue weighted by Crippen LogP contribution is -2.27. The second kappa shape index (κ2) is 5.09. The van der Waals surface area contributed by atoms with Crippen LogP contribution in [0.4, 0.5) is 5.69 Å². The molecule has 0 radical (unpaired) electrons. The summed E-state index contributed by atoms with van der Waals surface area (Å²) in [6.45, 7) is 1.10. The van der Waals surface area contributed by atoms with Gasteiger partial charge in [-0.25, -0.2) is 0 Å². The molecule has 2 rings (SSSR count). The van der Waals surface area contributed by atoms with Gasteiger partial charge in [0.15, 0.2) is 0 Å². The number of carbonyl (C=O) groups excluding carboxylic acids is 1. The zero-order valence-electron chi connectivity index (χ0n) is 9.11. The van der Waals surface area contributed by atoms with Gasteiger partial charge in [-0.15, -0.1) is 0 Å². The fourth-order valence-corrected chi connectivity index (χ4v) is 1.82. The Morgan fingerprint density at radius 3 is 3.00 bits per heavy atom. The summed E-state index contributed by atoms with van der Waals surface area (Å²) in [6, 6.07) is 7.55. The molecule has 1 aromatic carbocycles. The first-order valence-electron chi connectivity index (χ1n) is 5.51. The number of nitrogens with one attached hydrogen (secondary N) is 1. The molecule has 0 spiro atoms. The number of anilines is 1. The van der Waals surface area contributed by atoms with Crippen LogP contribution in [0.5, 0.6) is 0 Å². The van der Waals surface area contributed by atoms with Crippen molar-refractivity contribution in [3.05, 3.63) is 29.8 Å². The Morgan fingerprint density at radius 2 is 2.31 bits per heavy atom. The molecule has 3 N–H and O–H groups in total. The number of para-hydroxylation sites is 1. The normalized spacial score (nSPS) is 19.7. The van der Waals surface area contributed by atoms with Crippen molar-refractivity contribution in [2.45, 2.75) is 25.5 Å². The van der Waals surface area contributed by atoms with Gasteiger partial charge in [-0.1, -0.05) is 18.2 Å². The van der Waals surface area contributed by atoms with Crippen molar-refractivity contribution >= 4 is 11.6 Å². The molecule has 4 nitrogen and oxygen atoms in total. The summed E-state index contributed by atoms with van der Waals surface area (Å²) < 4.78 is 5.32. The summed E-state index contributed by atoms with van der Waals surface area (Å²) in [4.78, 5) is 11.8. The van der Waals surface area contributed by atoms with E-state index in [9.17, 15) is 4.79 Å². The zero-order valence-corrected chi connectivity index (χ0v) is 9.11. The predicted molar refractivity (Wildman–Crippen MR) is 61.9 cm³/mol. The monoisotopic (exact) mass is 220 g/mol. The van der Waals surface area contributed by atoms with Crippen LogP contribution in [0.15, 0.2) is 24.3 Å².